The molecule has 0 saturated carbocycles. The van der Waals surface area contributed by atoms with E-state index in [9.17, 15) is 9.59 Å². The molecule has 0 unspecified atom stereocenters. The number of hydrogen-bond acceptors (Lipinski definition) is 3. The third-order valence-electron chi connectivity index (χ3n) is 5.02. The molecule has 1 N–H and O–H groups in total. The minimum Gasteiger partial charge on any atom is -0.372 e. The largest absolute Gasteiger partial charge is 0.372 e. The Hall–Kier alpha value is -2.82. The lowest BCUT2D eigenvalue weighted by atomic mass is 10.1. The molecule has 0 heterocycles. The molecule has 0 fully saturated rings. The van der Waals surface area contributed by atoms with E-state index < -0.39 is 0 Å². The normalized spacial score (nSPS) is 10.5. The average molecular weight is 382 g/mol. The lowest BCUT2D eigenvalue weighted by molar-refractivity contribution is -0.117. The average Bonchev–Trinajstić information content (AvgIpc) is 2.66. The molecule has 5 heteroatoms. The van der Waals surface area contributed by atoms with Crippen molar-refractivity contribution >= 4 is 28.9 Å². The van der Waals surface area contributed by atoms with E-state index in [-0.39, 0.29) is 18.2 Å². The van der Waals surface area contributed by atoms with Crippen LogP contribution in [0.1, 0.15) is 38.3 Å². The van der Waals surface area contributed by atoms with Gasteiger partial charge in [-0.25, -0.2) is 0 Å². The van der Waals surface area contributed by atoms with E-state index in [0.29, 0.717) is 6.54 Å². The molecule has 0 spiro atoms. The molecule has 0 bridgehead atoms. The third-order valence-corrected chi connectivity index (χ3v) is 5.02. The number of aryl methyl sites for hydroxylation is 2. The topological polar surface area (TPSA) is 52.6 Å². The summed E-state index contributed by atoms with van der Waals surface area (Å²) in [6.07, 6.45) is 0.240. The molecule has 0 saturated heterocycles. The summed E-state index contributed by atoms with van der Waals surface area (Å²) in [6.45, 7) is 12.0. The van der Waals surface area contributed by atoms with Crippen LogP contribution in [0.4, 0.5) is 17.1 Å². The highest BCUT2D eigenvalue weighted by atomic mass is 16.2. The Bertz CT molecular complexity index is 811. The third kappa shape index (κ3) is 5.59. The summed E-state index contributed by atoms with van der Waals surface area (Å²) < 4.78 is 0. The van der Waals surface area contributed by atoms with Gasteiger partial charge >= 0.3 is 0 Å². The van der Waals surface area contributed by atoms with Gasteiger partial charge in [-0.1, -0.05) is 6.07 Å². The van der Waals surface area contributed by atoms with Crippen LogP contribution in [0.15, 0.2) is 42.5 Å². The molecule has 0 aliphatic rings. The quantitative estimate of drug-likeness (QED) is 0.731. The molecule has 5 nitrogen and oxygen atoms in total. The van der Waals surface area contributed by atoms with Gasteiger partial charge in [-0.3, -0.25) is 9.59 Å². The molecule has 0 aromatic heterocycles. The van der Waals surface area contributed by atoms with Gasteiger partial charge in [0, 0.05) is 50.0 Å². The van der Waals surface area contributed by atoms with Gasteiger partial charge in [0.25, 0.3) is 0 Å². The number of hydrogen-bond donors (Lipinski definition) is 1. The van der Waals surface area contributed by atoms with Gasteiger partial charge in [0.05, 0.1) is 0 Å². The van der Waals surface area contributed by atoms with E-state index in [1.54, 1.807) is 4.90 Å². The number of nitrogens with one attached hydrogen (secondary N) is 1. The summed E-state index contributed by atoms with van der Waals surface area (Å²) in [4.78, 5) is 28.3. The predicted octanol–water partition coefficient (Wildman–Crippen LogP) is 4.53. The van der Waals surface area contributed by atoms with Gasteiger partial charge in [0.2, 0.25) is 11.8 Å². The zero-order valence-corrected chi connectivity index (χ0v) is 17.6. The summed E-state index contributed by atoms with van der Waals surface area (Å²) in [5, 5.41) is 2.91. The van der Waals surface area contributed by atoms with Gasteiger partial charge in [-0.15, -0.1) is 0 Å². The van der Waals surface area contributed by atoms with E-state index in [0.717, 1.165) is 35.7 Å². The van der Waals surface area contributed by atoms with Crippen LogP contribution in [-0.2, 0) is 9.59 Å². The van der Waals surface area contributed by atoms with Gasteiger partial charge in [0.1, 0.15) is 0 Å². The second kappa shape index (κ2) is 9.93. The maximum Gasteiger partial charge on any atom is 0.226 e. The Morgan fingerprint density at radius 3 is 2.04 bits per heavy atom. The van der Waals surface area contributed by atoms with Crippen LogP contribution < -0.4 is 15.1 Å². The van der Waals surface area contributed by atoms with E-state index in [2.05, 4.69) is 24.1 Å². The minimum atomic E-state index is -0.103. The number of benzene rings is 2. The lowest BCUT2D eigenvalue weighted by Gasteiger charge is -2.24. The fourth-order valence-corrected chi connectivity index (χ4v) is 3.16. The summed E-state index contributed by atoms with van der Waals surface area (Å²) >= 11 is 0. The Balaban J connectivity index is 2.01. The van der Waals surface area contributed by atoms with Gasteiger partial charge in [0.15, 0.2) is 0 Å². The van der Waals surface area contributed by atoms with E-state index >= 15 is 0 Å². The molecule has 2 aromatic carbocycles. The van der Waals surface area contributed by atoms with Crippen LogP contribution in [-0.4, -0.2) is 31.4 Å². The highest BCUT2D eigenvalue weighted by Gasteiger charge is 2.14. The first-order chi connectivity index (χ1) is 13.3. The summed E-state index contributed by atoms with van der Waals surface area (Å²) in [7, 11) is 0. The zero-order chi connectivity index (χ0) is 20.7. The molecule has 0 aliphatic carbocycles. The van der Waals surface area contributed by atoms with Crippen LogP contribution in [0, 0.1) is 13.8 Å². The standard InChI is InChI=1S/C23H31N3O2/c1-6-25(7-2)21-10-12-22(13-11-21)26(19(5)27)15-14-23(28)24-20-9-8-17(3)18(4)16-20/h8-13,16H,6-7,14-15H2,1-5H3,(H,24,28). The second-order valence-corrected chi connectivity index (χ2v) is 6.96. The summed E-state index contributed by atoms with van der Waals surface area (Å²) in [5.74, 6) is -0.177. The van der Waals surface area contributed by atoms with Crippen LogP contribution in [0.5, 0.6) is 0 Å². The fourth-order valence-electron chi connectivity index (χ4n) is 3.16. The molecule has 0 radical (unpaired) electrons. The van der Waals surface area contributed by atoms with Crippen molar-refractivity contribution < 1.29 is 9.59 Å². The molecule has 0 atom stereocenters. The minimum absolute atomic E-state index is 0.0745. The Kier molecular flexibility index (Phi) is 7.61. The number of rotatable bonds is 8. The number of nitrogens with zero attached hydrogens (tertiary/aromatic N) is 2. The first-order valence-corrected chi connectivity index (χ1v) is 9.85. The number of carbonyl (C=O) groups is 2. The molecule has 0 aliphatic heterocycles. The van der Waals surface area contributed by atoms with Crippen LogP contribution >= 0.6 is 0 Å². The van der Waals surface area contributed by atoms with Crippen LogP contribution in [0.25, 0.3) is 0 Å². The summed E-state index contributed by atoms with van der Waals surface area (Å²) in [6, 6.07) is 13.8. The Labute approximate surface area is 168 Å². The number of anilines is 3. The Morgan fingerprint density at radius 2 is 1.50 bits per heavy atom. The highest BCUT2D eigenvalue weighted by molar-refractivity contribution is 5.95. The maximum absolute atomic E-state index is 12.3. The van der Waals surface area contributed by atoms with Crippen molar-refractivity contribution in [2.45, 2.75) is 41.0 Å². The molecule has 28 heavy (non-hydrogen) atoms. The molecule has 2 amide bonds. The smallest absolute Gasteiger partial charge is 0.226 e. The molecule has 2 rings (SSSR count). The van der Waals surface area contributed by atoms with Crippen molar-refractivity contribution in [3.63, 3.8) is 0 Å². The van der Waals surface area contributed by atoms with E-state index in [1.807, 2.05) is 56.3 Å². The SMILES string of the molecule is CCN(CC)c1ccc(N(CCC(=O)Nc2ccc(C)c(C)c2)C(C)=O)cc1. The summed E-state index contributed by atoms with van der Waals surface area (Å²) in [5.41, 5.74) is 5.04. The van der Waals surface area contributed by atoms with Crippen LogP contribution in [0.3, 0.4) is 0 Å². The van der Waals surface area contributed by atoms with Crippen molar-refractivity contribution in [2.75, 3.05) is 34.8 Å². The number of amides is 2. The van der Waals surface area contributed by atoms with E-state index in [4.69, 9.17) is 0 Å². The van der Waals surface area contributed by atoms with Crippen molar-refractivity contribution in [1.82, 2.24) is 0 Å². The van der Waals surface area contributed by atoms with Gasteiger partial charge in [-0.2, -0.15) is 0 Å². The number of carbonyl (C=O) groups excluding carboxylic acids is 2. The first-order valence-electron chi connectivity index (χ1n) is 9.85. The van der Waals surface area contributed by atoms with Gasteiger partial charge in [-0.05, 0) is 75.2 Å². The molecular weight excluding hydrogens is 350 g/mol. The second-order valence-electron chi connectivity index (χ2n) is 6.96. The highest BCUT2D eigenvalue weighted by Crippen LogP contribution is 2.21. The monoisotopic (exact) mass is 381 g/mol. The first kappa shape index (κ1) is 21.5. The zero-order valence-electron chi connectivity index (χ0n) is 17.6. The predicted molar refractivity (Wildman–Crippen MR) is 117 cm³/mol. The maximum atomic E-state index is 12.3. The van der Waals surface area contributed by atoms with Crippen molar-refractivity contribution in [3.8, 4) is 0 Å². The van der Waals surface area contributed by atoms with Crippen LogP contribution in [0.2, 0.25) is 0 Å². The fraction of sp³-hybridized carbons (Fsp3) is 0.391. The van der Waals surface area contributed by atoms with Crippen molar-refractivity contribution in [1.29, 1.82) is 0 Å². The molecule has 150 valence electrons. The lowest BCUT2D eigenvalue weighted by Crippen LogP contribution is -2.32. The Morgan fingerprint density at radius 1 is 0.893 bits per heavy atom. The van der Waals surface area contributed by atoms with E-state index in [1.165, 1.54) is 12.5 Å². The molecular formula is C23H31N3O2. The van der Waals surface area contributed by atoms with Crippen molar-refractivity contribution in [3.05, 3.63) is 53.6 Å². The molecule has 2 aromatic rings. The van der Waals surface area contributed by atoms with Crippen molar-refractivity contribution in [2.24, 2.45) is 0 Å². The van der Waals surface area contributed by atoms with Gasteiger partial charge < -0.3 is 15.1 Å².